The quantitative estimate of drug-likeness (QED) is 0.858. The molecule has 0 amide bonds. The zero-order valence-electron chi connectivity index (χ0n) is 11.1. The standard InChI is InChI=1S/C16H16BrNO/c1-11-3-4-13(5-12(11)2)7-16(19)8-14-6-15(17)10-18-9-14/h3-6,9-10H,7-8H2,1-2H3. The minimum absolute atomic E-state index is 0.211. The number of pyridine rings is 1. The van der Waals surface area contributed by atoms with Crippen molar-refractivity contribution in [3.05, 3.63) is 63.4 Å². The van der Waals surface area contributed by atoms with Gasteiger partial charge in [0.25, 0.3) is 0 Å². The van der Waals surface area contributed by atoms with E-state index in [0.717, 1.165) is 15.6 Å². The van der Waals surface area contributed by atoms with Gasteiger partial charge in [0.05, 0.1) is 0 Å². The van der Waals surface area contributed by atoms with Crippen LogP contribution >= 0.6 is 15.9 Å². The number of rotatable bonds is 4. The highest BCUT2D eigenvalue weighted by atomic mass is 79.9. The van der Waals surface area contributed by atoms with Gasteiger partial charge in [-0.25, -0.2) is 0 Å². The van der Waals surface area contributed by atoms with Crippen molar-refractivity contribution in [2.24, 2.45) is 0 Å². The average Bonchev–Trinajstić information content (AvgIpc) is 2.34. The molecule has 0 spiro atoms. The summed E-state index contributed by atoms with van der Waals surface area (Å²) in [7, 11) is 0. The number of hydrogen-bond donors (Lipinski definition) is 0. The van der Waals surface area contributed by atoms with Crippen molar-refractivity contribution in [1.29, 1.82) is 0 Å². The molecule has 0 aliphatic rings. The lowest BCUT2D eigenvalue weighted by molar-refractivity contribution is -0.117. The van der Waals surface area contributed by atoms with Crippen LogP contribution in [0.15, 0.2) is 41.1 Å². The van der Waals surface area contributed by atoms with E-state index in [1.807, 2.05) is 12.1 Å². The van der Waals surface area contributed by atoms with Gasteiger partial charge in [0, 0.05) is 29.7 Å². The van der Waals surface area contributed by atoms with E-state index in [2.05, 4.69) is 46.9 Å². The first-order chi connectivity index (χ1) is 9.04. The molecule has 0 saturated heterocycles. The first kappa shape index (κ1) is 13.9. The Bertz CT molecular complexity index is 607. The Morgan fingerprint density at radius 3 is 2.47 bits per heavy atom. The van der Waals surface area contributed by atoms with E-state index < -0.39 is 0 Å². The van der Waals surface area contributed by atoms with Crippen LogP contribution in [0.1, 0.15) is 22.3 Å². The number of carbonyl (C=O) groups is 1. The highest BCUT2D eigenvalue weighted by Gasteiger charge is 2.07. The Kier molecular flexibility index (Phi) is 4.48. The third kappa shape index (κ3) is 4.00. The fourth-order valence-corrected chi connectivity index (χ4v) is 2.40. The fourth-order valence-electron chi connectivity index (χ4n) is 1.98. The van der Waals surface area contributed by atoms with Crippen molar-refractivity contribution in [3.8, 4) is 0 Å². The summed E-state index contributed by atoms with van der Waals surface area (Å²) in [5, 5.41) is 0. The molecule has 19 heavy (non-hydrogen) atoms. The zero-order chi connectivity index (χ0) is 13.8. The minimum atomic E-state index is 0.211. The van der Waals surface area contributed by atoms with Crippen LogP contribution in [0, 0.1) is 13.8 Å². The molecule has 1 heterocycles. The van der Waals surface area contributed by atoms with Crippen LogP contribution in [0.2, 0.25) is 0 Å². The second-order valence-corrected chi connectivity index (χ2v) is 5.74. The van der Waals surface area contributed by atoms with Crippen molar-refractivity contribution in [2.75, 3.05) is 0 Å². The van der Waals surface area contributed by atoms with Crippen LogP contribution < -0.4 is 0 Å². The number of nitrogens with zero attached hydrogens (tertiary/aromatic N) is 1. The summed E-state index contributed by atoms with van der Waals surface area (Å²) < 4.78 is 0.906. The number of hydrogen-bond acceptors (Lipinski definition) is 2. The first-order valence-corrected chi connectivity index (χ1v) is 7.01. The van der Waals surface area contributed by atoms with Gasteiger partial charge in [-0.1, -0.05) is 18.2 Å². The van der Waals surface area contributed by atoms with Crippen molar-refractivity contribution in [3.63, 3.8) is 0 Å². The number of benzene rings is 1. The molecular weight excluding hydrogens is 302 g/mol. The van der Waals surface area contributed by atoms with Gasteiger partial charge in [-0.05, 0) is 58.1 Å². The third-order valence-corrected chi connectivity index (χ3v) is 3.57. The molecule has 0 fully saturated rings. The molecule has 0 unspecified atom stereocenters. The predicted molar refractivity (Wildman–Crippen MR) is 80.3 cm³/mol. The highest BCUT2D eigenvalue weighted by Crippen LogP contribution is 2.13. The fraction of sp³-hybridized carbons (Fsp3) is 0.250. The van der Waals surface area contributed by atoms with E-state index in [9.17, 15) is 4.79 Å². The Balaban J connectivity index is 2.03. The summed E-state index contributed by atoms with van der Waals surface area (Å²) in [5.41, 5.74) is 4.51. The normalized spacial score (nSPS) is 10.5. The summed E-state index contributed by atoms with van der Waals surface area (Å²) in [6.45, 7) is 4.15. The Hall–Kier alpha value is -1.48. The summed E-state index contributed by atoms with van der Waals surface area (Å²) in [4.78, 5) is 16.1. The van der Waals surface area contributed by atoms with Crippen LogP contribution in [-0.2, 0) is 17.6 Å². The Morgan fingerprint density at radius 1 is 1.05 bits per heavy atom. The molecule has 0 saturated carbocycles. The van der Waals surface area contributed by atoms with Crippen LogP contribution in [0.4, 0.5) is 0 Å². The smallest absolute Gasteiger partial charge is 0.141 e. The largest absolute Gasteiger partial charge is 0.299 e. The maximum Gasteiger partial charge on any atom is 0.141 e. The molecule has 1 aromatic carbocycles. The molecule has 1 aromatic heterocycles. The van der Waals surface area contributed by atoms with Gasteiger partial charge >= 0.3 is 0 Å². The van der Waals surface area contributed by atoms with E-state index in [0.29, 0.717) is 12.8 Å². The summed E-state index contributed by atoms with van der Waals surface area (Å²) >= 11 is 3.36. The summed E-state index contributed by atoms with van der Waals surface area (Å²) in [5.74, 6) is 0.211. The maximum atomic E-state index is 12.0. The van der Waals surface area contributed by atoms with E-state index in [4.69, 9.17) is 0 Å². The SMILES string of the molecule is Cc1ccc(CC(=O)Cc2cncc(Br)c2)cc1C. The molecule has 0 radical (unpaired) electrons. The highest BCUT2D eigenvalue weighted by molar-refractivity contribution is 9.10. The molecule has 2 nitrogen and oxygen atoms in total. The van der Waals surface area contributed by atoms with Gasteiger partial charge < -0.3 is 0 Å². The molecule has 0 atom stereocenters. The van der Waals surface area contributed by atoms with Crippen molar-refractivity contribution >= 4 is 21.7 Å². The van der Waals surface area contributed by atoms with E-state index in [1.54, 1.807) is 12.4 Å². The molecule has 0 aliphatic carbocycles. The Labute approximate surface area is 122 Å². The van der Waals surface area contributed by atoms with Gasteiger partial charge in [-0.2, -0.15) is 0 Å². The molecule has 0 N–H and O–H groups in total. The second kappa shape index (κ2) is 6.11. The zero-order valence-corrected chi connectivity index (χ0v) is 12.7. The number of halogens is 1. The van der Waals surface area contributed by atoms with Crippen molar-refractivity contribution in [2.45, 2.75) is 26.7 Å². The Morgan fingerprint density at radius 2 is 1.79 bits per heavy atom. The molecular formula is C16H16BrNO. The summed E-state index contributed by atoms with van der Waals surface area (Å²) in [6.07, 6.45) is 4.37. The molecule has 0 bridgehead atoms. The minimum Gasteiger partial charge on any atom is -0.299 e. The lowest BCUT2D eigenvalue weighted by Gasteiger charge is -2.05. The van der Waals surface area contributed by atoms with Crippen molar-refractivity contribution in [1.82, 2.24) is 4.98 Å². The maximum absolute atomic E-state index is 12.0. The lowest BCUT2D eigenvalue weighted by atomic mass is 10.0. The topological polar surface area (TPSA) is 30.0 Å². The van der Waals surface area contributed by atoms with Gasteiger partial charge in [-0.15, -0.1) is 0 Å². The molecule has 0 aliphatic heterocycles. The predicted octanol–water partition coefficient (Wildman–Crippen LogP) is 3.82. The molecule has 98 valence electrons. The second-order valence-electron chi connectivity index (χ2n) is 4.82. The summed E-state index contributed by atoms with van der Waals surface area (Å²) in [6, 6.07) is 8.12. The third-order valence-electron chi connectivity index (χ3n) is 3.14. The number of Topliss-reactive ketones (excluding diaryl/α,β-unsaturated/α-hetero) is 1. The van der Waals surface area contributed by atoms with E-state index in [1.165, 1.54) is 11.1 Å². The van der Waals surface area contributed by atoms with Crippen LogP contribution in [-0.4, -0.2) is 10.8 Å². The van der Waals surface area contributed by atoms with Crippen LogP contribution in [0.3, 0.4) is 0 Å². The number of carbonyl (C=O) groups excluding carboxylic acids is 1. The van der Waals surface area contributed by atoms with Gasteiger partial charge in [0.2, 0.25) is 0 Å². The molecule has 3 heteroatoms. The van der Waals surface area contributed by atoms with Crippen molar-refractivity contribution < 1.29 is 4.79 Å². The van der Waals surface area contributed by atoms with E-state index >= 15 is 0 Å². The number of aromatic nitrogens is 1. The monoisotopic (exact) mass is 317 g/mol. The van der Waals surface area contributed by atoms with Crippen LogP contribution in [0.5, 0.6) is 0 Å². The molecule has 2 aromatic rings. The van der Waals surface area contributed by atoms with Crippen LogP contribution in [0.25, 0.3) is 0 Å². The number of ketones is 1. The molecule has 2 rings (SSSR count). The first-order valence-electron chi connectivity index (χ1n) is 6.22. The average molecular weight is 318 g/mol. The van der Waals surface area contributed by atoms with Gasteiger partial charge in [0.15, 0.2) is 0 Å². The van der Waals surface area contributed by atoms with Gasteiger partial charge in [0.1, 0.15) is 5.78 Å². The van der Waals surface area contributed by atoms with Gasteiger partial charge in [-0.3, -0.25) is 9.78 Å². The number of aryl methyl sites for hydroxylation is 2. The lowest BCUT2D eigenvalue weighted by Crippen LogP contribution is -2.07. The van der Waals surface area contributed by atoms with E-state index in [-0.39, 0.29) is 5.78 Å².